The molecule has 8 heteroatoms. The van der Waals surface area contributed by atoms with Gasteiger partial charge in [-0.05, 0) is 34.9 Å². The predicted octanol–water partition coefficient (Wildman–Crippen LogP) is 1.80. The SMILES string of the molecule is C[C@H](NCc1ccc2nonc2c1)C(=O)Nc1nccs1. The predicted molar refractivity (Wildman–Crippen MR) is 78.8 cm³/mol. The van der Waals surface area contributed by atoms with E-state index >= 15 is 0 Å². The van der Waals surface area contributed by atoms with E-state index in [1.807, 2.05) is 23.6 Å². The van der Waals surface area contributed by atoms with E-state index in [9.17, 15) is 4.79 Å². The summed E-state index contributed by atoms with van der Waals surface area (Å²) in [6, 6.07) is 5.30. The summed E-state index contributed by atoms with van der Waals surface area (Å²) in [5, 5.41) is 15.9. The third kappa shape index (κ3) is 3.23. The zero-order valence-electron chi connectivity index (χ0n) is 11.2. The fourth-order valence-corrected chi connectivity index (χ4v) is 2.33. The number of anilines is 1. The molecule has 0 aliphatic carbocycles. The highest BCUT2D eigenvalue weighted by Crippen LogP contribution is 2.12. The molecule has 0 aliphatic heterocycles. The van der Waals surface area contributed by atoms with E-state index in [0.29, 0.717) is 22.7 Å². The molecule has 0 spiro atoms. The van der Waals surface area contributed by atoms with Gasteiger partial charge in [0.15, 0.2) is 5.13 Å². The third-order valence-electron chi connectivity index (χ3n) is 2.99. The number of fused-ring (bicyclic) bond motifs is 1. The van der Waals surface area contributed by atoms with Gasteiger partial charge in [-0.15, -0.1) is 11.3 Å². The summed E-state index contributed by atoms with van der Waals surface area (Å²) in [7, 11) is 0. The number of carbonyl (C=O) groups is 1. The number of hydrogen-bond acceptors (Lipinski definition) is 7. The molecule has 2 N–H and O–H groups in total. The largest absolute Gasteiger partial charge is 0.302 e. The van der Waals surface area contributed by atoms with Gasteiger partial charge in [-0.25, -0.2) is 9.61 Å². The van der Waals surface area contributed by atoms with Crippen LogP contribution >= 0.6 is 11.3 Å². The molecular formula is C13H13N5O2S. The van der Waals surface area contributed by atoms with E-state index in [4.69, 9.17) is 0 Å². The Kier molecular flexibility index (Phi) is 3.89. The molecule has 3 aromatic rings. The Hall–Kier alpha value is -2.32. The first kappa shape index (κ1) is 13.7. The quantitative estimate of drug-likeness (QED) is 0.746. The lowest BCUT2D eigenvalue weighted by Gasteiger charge is -2.12. The number of thiazole rings is 1. The fourth-order valence-electron chi connectivity index (χ4n) is 1.80. The maximum Gasteiger partial charge on any atom is 0.243 e. The number of carbonyl (C=O) groups excluding carboxylic acids is 1. The molecule has 108 valence electrons. The highest BCUT2D eigenvalue weighted by Gasteiger charge is 2.13. The van der Waals surface area contributed by atoms with Crippen LogP contribution in [0.1, 0.15) is 12.5 Å². The molecular weight excluding hydrogens is 290 g/mol. The highest BCUT2D eigenvalue weighted by molar-refractivity contribution is 7.13. The van der Waals surface area contributed by atoms with Crippen LogP contribution < -0.4 is 10.6 Å². The molecule has 0 unspecified atom stereocenters. The molecule has 2 heterocycles. The van der Waals surface area contributed by atoms with Gasteiger partial charge in [0, 0.05) is 18.1 Å². The van der Waals surface area contributed by atoms with Crippen molar-refractivity contribution in [2.24, 2.45) is 0 Å². The van der Waals surface area contributed by atoms with Gasteiger partial charge < -0.3 is 10.6 Å². The summed E-state index contributed by atoms with van der Waals surface area (Å²) in [6.45, 7) is 2.36. The highest BCUT2D eigenvalue weighted by atomic mass is 32.1. The summed E-state index contributed by atoms with van der Waals surface area (Å²) in [4.78, 5) is 16.0. The smallest absolute Gasteiger partial charge is 0.243 e. The average Bonchev–Trinajstić information content (AvgIpc) is 3.14. The summed E-state index contributed by atoms with van der Waals surface area (Å²) in [6.07, 6.45) is 1.65. The van der Waals surface area contributed by atoms with E-state index in [1.54, 1.807) is 13.1 Å². The lowest BCUT2D eigenvalue weighted by atomic mass is 10.2. The van der Waals surface area contributed by atoms with Crippen LogP contribution in [-0.4, -0.2) is 27.2 Å². The molecule has 0 saturated heterocycles. The molecule has 21 heavy (non-hydrogen) atoms. The Morgan fingerprint density at radius 1 is 1.38 bits per heavy atom. The number of aromatic nitrogens is 3. The van der Waals surface area contributed by atoms with Crippen molar-refractivity contribution in [3.63, 3.8) is 0 Å². The molecule has 0 aliphatic rings. The second-order valence-electron chi connectivity index (χ2n) is 4.52. The van der Waals surface area contributed by atoms with Crippen LogP contribution in [0.25, 0.3) is 11.0 Å². The van der Waals surface area contributed by atoms with Crippen molar-refractivity contribution >= 4 is 33.4 Å². The van der Waals surface area contributed by atoms with Crippen LogP contribution in [0.3, 0.4) is 0 Å². The zero-order chi connectivity index (χ0) is 14.7. The van der Waals surface area contributed by atoms with Crippen molar-refractivity contribution < 1.29 is 9.42 Å². The third-order valence-corrected chi connectivity index (χ3v) is 3.67. The van der Waals surface area contributed by atoms with Crippen LogP contribution in [0.4, 0.5) is 5.13 Å². The van der Waals surface area contributed by atoms with Gasteiger partial charge in [0.25, 0.3) is 0 Å². The van der Waals surface area contributed by atoms with Gasteiger partial charge in [0.2, 0.25) is 5.91 Å². The Bertz CT molecular complexity index is 740. The molecule has 0 bridgehead atoms. The number of rotatable bonds is 5. The Balaban J connectivity index is 1.57. The first-order valence-corrected chi connectivity index (χ1v) is 7.25. The average molecular weight is 303 g/mol. The van der Waals surface area contributed by atoms with Gasteiger partial charge in [0.1, 0.15) is 11.0 Å². The minimum absolute atomic E-state index is 0.117. The van der Waals surface area contributed by atoms with Crippen LogP contribution in [0.5, 0.6) is 0 Å². The molecule has 1 amide bonds. The van der Waals surface area contributed by atoms with Crippen LogP contribution in [-0.2, 0) is 11.3 Å². The second kappa shape index (κ2) is 5.98. The van der Waals surface area contributed by atoms with Crippen molar-refractivity contribution in [2.45, 2.75) is 19.5 Å². The van der Waals surface area contributed by atoms with E-state index in [-0.39, 0.29) is 11.9 Å². The van der Waals surface area contributed by atoms with Crippen LogP contribution in [0.15, 0.2) is 34.4 Å². The normalized spacial score (nSPS) is 12.4. The van der Waals surface area contributed by atoms with Crippen molar-refractivity contribution in [3.05, 3.63) is 35.3 Å². The van der Waals surface area contributed by atoms with E-state index in [0.717, 1.165) is 5.56 Å². The van der Waals surface area contributed by atoms with Gasteiger partial charge in [-0.2, -0.15) is 0 Å². The van der Waals surface area contributed by atoms with E-state index < -0.39 is 0 Å². The van der Waals surface area contributed by atoms with Gasteiger partial charge in [0.05, 0.1) is 6.04 Å². The van der Waals surface area contributed by atoms with Gasteiger partial charge >= 0.3 is 0 Å². The molecule has 3 rings (SSSR count). The van der Waals surface area contributed by atoms with Gasteiger partial charge in [-0.1, -0.05) is 6.07 Å². The number of nitrogens with one attached hydrogen (secondary N) is 2. The monoisotopic (exact) mass is 303 g/mol. The van der Waals surface area contributed by atoms with Crippen molar-refractivity contribution in [1.82, 2.24) is 20.6 Å². The molecule has 0 fully saturated rings. The number of benzene rings is 1. The zero-order valence-corrected chi connectivity index (χ0v) is 12.1. The Morgan fingerprint density at radius 2 is 2.24 bits per heavy atom. The van der Waals surface area contributed by atoms with Crippen molar-refractivity contribution in [1.29, 1.82) is 0 Å². The first-order valence-electron chi connectivity index (χ1n) is 6.37. The first-order chi connectivity index (χ1) is 10.2. The second-order valence-corrected chi connectivity index (χ2v) is 5.41. The molecule has 1 aromatic carbocycles. The lowest BCUT2D eigenvalue weighted by Crippen LogP contribution is -2.37. The molecule has 2 aromatic heterocycles. The van der Waals surface area contributed by atoms with Crippen LogP contribution in [0, 0.1) is 0 Å². The Labute approximate surface area is 124 Å². The van der Waals surface area contributed by atoms with E-state index in [1.165, 1.54) is 11.3 Å². The minimum Gasteiger partial charge on any atom is -0.302 e. The Morgan fingerprint density at radius 3 is 3.05 bits per heavy atom. The summed E-state index contributed by atoms with van der Waals surface area (Å²) in [5.41, 5.74) is 2.43. The lowest BCUT2D eigenvalue weighted by molar-refractivity contribution is -0.117. The molecule has 1 atom stereocenters. The standard InChI is InChI=1S/C13H13N5O2S/c1-8(12(19)16-13-14-4-5-21-13)15-7-9-2-3-10-11(6-9)18-20-17-10/h2-6,8,15H,7H2,1H3,(H,14,16,19)/t8-/m0/s1. The minimum atomic E-state index is -0.333. The molecule has 0 saturated carbocycles. The summed E-state index contributed by atoms with van der Waals surface area (Å²) >= 11 is 1.39. The van der Waals surface area contributed by atoms with Crippen molar-refractivity contribution in [2.75, 3.05) is 5.32 Å². The van der Waals surface area contributed by atoms with Gasteiger partial charge in [-0.3, -0.25) is 4.79 Å². The topological polar surface area (TPSA) is 92.9 Å². The van der Waals surface area contributed by atoms with E-state index in [2.05, 4.69) is 30.6 Å². The number of amides is 1. The van der Waals surface area contributed by atoms with Crippen LogP contribution in [0.2, 0.25) is 0 Å². The summed E-state index contributed by atoms with van der Waals surface area (Å²) < 4.78 is 4.65. The number of hydrogen-bond donors (Lipinski definition) is 2. The maximum absolute atomic E-state index is 12.0. The number of nitrogens with zero attached hydrogens (tertiary/aromatic N) is 3. The molecule has 7 nitrogen and oxygen atoms in total. The maximum atomic E-state index is 12.0. The summed E-state index contributed by atoms with van der Waals surface area (Å²) in [5.74, 6) is -0.117. The van der Waals surface area contributed by atoms with Crippen molar-refractivity contribution in [3.8, 4) is 0 Å². The molecule has 0 radical (unpaired) electrons. The fraction of sp³-hybridized carbons (Fsp3) is 0.231.